The number of hydrogen-bond donors (Lipinski definition) is 1. The number of rotatable bonds is 2. The van der Waals surface area contributed by atoms with Crippen molar-refractivity contribution >= 4 is 10.9 Å². The molecule has 1 aromatic carbocycles. The van der Waals surface area contributed by atoms with E-state index in [2.05, 4.69) is 22.2 Å². The fraction of sp³-hybridized carbons (Fsp3) is 0.200. The van der Waals surface area contributed by atoms with Gasteiger partial charge in [0, 0.05) is 29.9 Å². The zero-order chi connectivity index (χ0) is 13.4. The first-order valence-corrected chi connectivity index (χ1v) is 6.25. The SMILES string of the molecule is Cc1c(C(N)c2ccc3ncccc3c2)cnn1C. The third kappa shape index (κ3) is 2.00. The summed E-state index contributed by atoms with van der Waals surface area (Å²) >= 11 is 0. The molecular formula is C15H16N4. The van der Waals surface area contributed by atoms with Crippen LogP contribution >= 0.6 is 0 Å². The summed E-state index contributed by atoms with van der Waals surface area (Å²) in [6, 6.07) is 9.97. The summed E-state index contributed by atoms with van der Waals surface area (Å²) in [5.41, 5.74) is 10.6. The van der Waals surface area contributed by atoms with Crippen molar-refractivity contribution in [2.75, 3.05) is 0 Å². The Morgan fingerprint density at radius 2 is 2.11 bits per heavy atom. The number of benzene rings is 1. The van der Waals surface area contributed by atoms with Crippen molar-refractivity contribution in [2.24, 2.45) is 12.8 Å². The highest BCUT2D eigenvalue weighted by Crippen LogP contribution is 2.24. The topological polar surface area (TPSA) is 56.7 Å². The van der Waals surface area contributed by atoms with Crippen LogP contribution in [0.2, 0.25) is 0 Å². The van der Waals surface area contributed by atoms with E-state index in [-0.39, 0.29) is 6.04 Å². The fourth-order valence-electron chi connectivity index (χ4n) is 2.29. The molecule has 1 atom stereocenters. The molecule has 19 heavy (non-hydrogen) atoms. The maximum absolute atomic E-state index is 6.35. The van der Waals surface area contributed by atoms with E-state index in [0.29, 0.717) is 0 Å². The monoisotopic (exact) mass is 252 g/mol. The molecule has 0 aliphatic rings. The van der Waals surface area contributed by atoms with Gasteiger partial charge in [-0.25, -0.2) is 0 Å². The van der Waals surface area contributed by atoms with Crippen molar-refractivity contribution in [3.63, 3.8) is 0 Å². The molecule has 3 aromatic rings. The lowest BCUT2D eigenvalue weighted by Crippen LogP contribution is -2.12. The molecule has 0 aliphatic heterocycles. The van der Waals surface area contributed by atoms with Crippen LogP contribution in [0.5, 0.6) is 0 Å². The molecule has 2 heterocycles. The summed E-state index contributed by atoms with van der Waals surface area (Å²) in [5.74, 6) is 0. The second kappa shape index (κ2) is 4.48. The van der Waals surface area contributed by atoms with E-state index >= 15 is 0 Å². The molecule has 2 aromatic heterocycles. The molecule has 0 saturated heterocycles. The molecule has 0 saturated carbocycles. The zero-order valence-electron chi connectivity index (χ0n) is 11.0. The largest absolute Gasteiger partial charge is 0.320 e. The highest BCUT2D eigenvalue weighted by atomic mass is 15.3. The molecule has 1 unspecified atom stereocenters. The smallest absolute Gasteiger partial charge is 0.0702 e. The summed E-state index contributed by atoms with van der Waals surface area (Å²) in [7, 11) is 1.93. The highest BCUT2D eigenvalue weighted by molar-refractivity contribution is 5.79. The van der Waals surface area contributed by atoms with E-state index in [1.54, 1.807) is 6.20 Å². The van der Waals surface area contributed by atoms with Gasteiger partial charge in [-0.1, -0.05) is 12.1 Å². The van der Waals surface area contributed by atoms with Crippen molar-refractivity contribution in [1.29, 1.82) is 0 Å². The van der Waals surface area contributed by atoms with Crippen LogP contribution < -0.4 is 5.73 Å². The lowest BCUT2D eigenvalue weighted by Gasteiger charge is -2.12. The standard InChI is InChI=1S/C15H16N4/c1-10-13(9-18-19(10)2)15(16)12-5-6-14-11(8-12)4-3-7-17-14/h3-9,15H,16H2,1-2H3. The second-order valence-corrected chi connectivity index (χ2v) is 4.74. The molecule has 0 bridgehead atoms. The Labute approximate surface area is 111 Å². The Morgan fingerprint density at radius 3 is 2.84 bits per heavy atom. The summed E-state index contributed by atoms with van der Waals surface area (Å²) in [6.07, 6.45) is 3.64. The number of aromatic nitrogens is 3. The number of hydrogen-bond acceptors (Lipinski definition) is 3. The van der Waals surface area contributed by atoms with Crippen LogP contribution in [0.15, 0.2) is 42.7 Å². The van der Waals surface area contributed by atoms with Gasteiger partial charge in [0.1, 0.15) is 0 Å². The summed E-state index contributed by atoms with van der Waals surface area (Å²) < 4.78 is 1.85. The summed E-state index contributed by atoms with van der Waals surface area (Å²) in [6.45, 7) is 2.03. The number of aryl methyl sites for hydroxylation is 1. The van der Waals surface area contributed by atoms with E-state index in [1.807, 2.05) is 43.0 Å². The minimum atomic E-state index is -0.154. The third-order valence-corrected chi connectivity index (χ3v) is 3.59. The molecule has 0 aliphatic carbocycles. The van der Waals surface area contributed by atoms with E-state index < -0.39 is 0 Å². The average Bonchev–Trinajstić information content (AvgIpc) is 2.78. The Kier molecular flexibility index (Phi) is 2.80. The van der Waals surface area contributed by atoms with Crippen LogP contribution in [0.25, 0.3) is 10.9 Å². The van der Waals surface area contributed by atoms with Crippen molar-refractivity contribution in [1.82, 2.24) is 14.8 Å². The van der Waals surface area contributed by atoms with Crippen LogP contribution in [0.1, 0.15) is 22.9 Å². The van der Waals surface area contributed by atoms with Crippen LogP contribution in [-0.4, -0.2) is 14.8 Å². The van der Waals surface area contributed by atoms with Gasteiger partial charge in [0.05, 0.1) is 17.8 Å². The molecular weight excluding hydrogens is 236 g/mol. The van der Waals surface area contributed by atoms with Crippen molar-refractivity contribution in [2.45, 2.75) is 13.0 Å². The van der Waals surface area contributed by atoms with Crippen LogP contribution in [0, 0.1) is 6.92 Å². The van der Waals surface area contributed by atoms with E-state index in [0.717, 1.165) is 27.7 Å². The first kappa shape index (κ1) is 11.9. The van der Waals surface area contributed by atoms with Gasteiger partial charge in [-0.3, -0.25) is 9.67 Å². The van der Waals surface area contributed by atoms with Gasteiger partial charge >= 0.3 is 0 Å². The van der Waals surface area contributed by atoms with Crippen molar-refractivity contribution < 1.29 is 0 Å². The molecule has 2 N–H and O–H groups in total. The fourth-order valence-corrected chi connectivity index (χ4v) is 2.29. The summed E-state index contributed by atoms with van der Waals surface area (Å²) in [5, 5.41) is 5.36. The molecule has 0 fully saturated rings. The van der Waals surface area contributed by atoms with Crippen LogP contribution in [-0.2, 0) is 7.05 Å². The Bertz CT molecular complexity index is 730. The van der Waals surface area contributed by atoms with Crippen LogP contribution in [0.4, 0.5) is 0 Å². The average molecular weight is 252 g/mol. The van der Waals surface area contributed by atoms with Gasteiger partial charge in [-0.05, 0) is 30.7 Å². The molecule has 0 amide bonds. The molecule has 0 spiro atoms. The maximum Gasteiger partial charge on any atom is 0.0702 e. The Morgan fingerprint density at radius 1 is 1.26 bits per heavy atom. The maximum atomic E-state index is 6.35. The third-order valence-electron chi connectivity index (χ3n) is 3.59. The number of nitrogens with zero attached hydrogens (tertiary/aromatic N) is 3. The Balaban J connectivity index is 2.06. The zero-order valence-corrected chi connectivity index (χ0v) is 11.0. The quantitative estimate of drug-likeness (QED) is 0.761. The predicted molar refractivity (Wildman–Crippen MR) is 75.7 cm³/mol. The van der Waals surface area contributed by atoms with E-state index in [4.69, 9.17) is 5.73 Å². The molecule has 3 rings (SSSR count). The van der Waals surface area contributed by atoms with Gasteiger partial charge in [-0.2, -0.15) is 5.10 Å². The molecule has 4 nitrogen and oxygen atoms in total. The molecule has 4 heteroatoms. The number of nitrogens with two attached hydrogens (primary N) is 1. The first-order valence-electron chi connectivity index (χ1n) is 6.25. The number of pyridine rings is 1. The predicted octanol–water partition coefficient (Wildman–Crippen LogP) is 2.32. The van der Waals surface area contributed by atoms with Gasteiger partial charge in [0.2, 0.25) is 0 Å². The van der Waals surface area contributed by atoms with Gasteiger partial charge in [-0.15, -0.1) is 0 Å². The summed E-state index contributed by atoms with van der Waals surface area (Å²) in [4.78, 5) is 4.32. The molecule has 96 valence electrons. The van der Waals surface area contributed by atoms with Crippen molar-refractivity contribution in [3.05, 3.63) is 59.5 Å². The van der Waals surface area contributed by atoms with E-state index in [9.17, 15) is 0 Å². The highest BCUT2D eigenvalue weighted by Gasteiger charge is 2.14. The van der Waals surface area contributed by atoms with Gasteiger partial charge < -0.3 is 5.73 Å². The normalized spacial score (nSPS) is 12.8. The lowest BCUT2D eigenvalue weighted by molar-refractivity contribution is 0.734. The van der Waals surface area contributed by atoms with Gasteiger partial charge in [0.15, 0.2) is 0 Å². The molecule has 0 radical (unpaired) electrons. The van der Waals surface area contributed by atoms with Gasteiger partial charge in [0.25, 0.3) is 0 Å². The first-order chi connectivity index (χ1) is 9.16. The van der Waals surface area contributed by atoms with E-state index in [1.165, 1.54) is 0 Å². The second-order valence-electron chi connectivity index (χ2n) is 4.74. The minimum Gasteiger partial charge on any atom is -0.320 e. The number of fused-ring (bicyclic) bond motifs is 1. The van der Waals surface area contributed by atoms with Crippen LogP contribution in [0.3, 0.4) is 0 Å². The van der Waals surface area contributed by atoms with Crippen molar-refractivity contribution in [3.8, 4) is 0 Å². The minimum absolute atomic E-state index is 0.154. The Hall–Kier alpha value is -2.20. The lowest BCUT2D eigenvalue weighted by atomic mass is 9.99.